The van der Waals surface area contributed by atoms with E-state index in [-0.39, 0.29) is 0 Å². The lowest BCUT2D eigenvalue weighted by molar-refractivity contribution is 0.343. The van der Waals surface area contributed by atoms with Crippen molar-refractivity contribution in [2.75, 3.05) is 31.1 Å². The fourth-order valence-corrected chi connectivity index (χ4v) is 2.03. The summed E-state index contributed by atoms with van der Waals surface area (Å²) in [6, 6.07) is 1.96. The van der Waals surface area contributed by atoms with Gasteiger partial charge in [0.15, 0.2) is 0 Å². The molecule has 0 atom stereocenters. The minimum absolute atomic E-state index is 0.453. The summed E-state index contributed by atoms with van der Waals surface area (Å²) in [4.78, 5) is 6.43. The zero-order chi connectivity index (χ0) is 10.7. The summed E-state index contributed by atoms with van der Waals surface area (Å²) in [5.74, 6) is 0.453. The van der Waals surface area contributed by atoms with Crippen LogP contribution in [0.25, 0.3) is 0 Å². The average Bonchev–Trinajstić information content (AvgIpc) is 2.73. The largest absolute Gasteiger partial charge is 0.396 e. The third-order valence-electron chi connectivity index (χ3n) is 3.01. The van der Waals surface area contributed by atoms with Crippen molar-refractivity contribution >= 4 is 11.5 Å². The molecule has 1 aliphatic rings. The molecule has 4 N–H and O–H groups in total. The molecule has 4 heteroatoms. The third kappa shape index (κ3) is 2.39. The van der Waals surface area contributed by atoms with Gasteiger partial charge in [0.2, 0.25) is 0 Å². The summed E-state index contributed by atoms with van der Waals surface area (Å²) in [6.07, 6.45) is 5.35. The number of hydrogen-bond acceptors (Lipinski definition) is 4. The summed E-state index contributed by atoms with van der Waals surface area (Å²) in [7, 11) is 0. The Morgan fingerprint density at radius 2 is 2.00 bits per heavy atom. The minimum atomic E-state index is 0.453. The molecule has 2 heterocycles. The van der Waals surface area contributed by atoms with Crippen LogP contribution < -0.4 is 11.5 Å². The summed E-state index contributed by atoms with van der Waals surface area (Å²) in [6.45, 7) is 3.52. The fourth-order valence-electron chi connectivity index (χ4n) is 2.03. The highest BCUT2D eigenvalue weighted by Crippen LogP contribution is 2.18. The number of nitrogens with two attached hydrogens (primary N) is 2. The van der Waals surface area contributed by atoms with E-state index in [1.807, 2.05) is 6.07 Å². The SMILES string of the molecule is Nc1nccc(CCN2CCCC2)c1N. The van der Waals surface area contributed by atoms with Crippen molar-refractivity contribution in [2.24, 2.45) is 0 Å². The summed E-state index contributed by atoms with van der Waals surface area (Å²) in [5.41, 5.74) is 13.3. The molecule has 2 rings (SSSR count). The number of nitrogens with zero attached hydrogens (tertiary/aromatic N) is 2. The first-order valence-corrected chi connectivity index (χ1v) is 5.48. The van der Waals surface area contributed by atoms with Gasteiger partial charge in [-0.1, -0.05) is 0 Å². The molecular formula is C11H18N4. The molecule has 82 valence electrons. The first-order valence-electron chi connectivity index (χ1n) is 5.48. The molecule has 1 saturated heterocycles. The lowest BCUT2D eigenvalue weighted by Crippen LogP contribution is -2.22. The fraction of sp³-hybridized carbons (Fsp3) is 0.545. The third-order valence-corrected chi connectivity index (χ3v) is 3.01. The van der Waals surface area contributed by atoms with Crippen LogP contribution in [0.3, 0.4) is 0 Å². The smallest absolute Gasteiger partial charge is 0.146 e. The van der Waals surface area contributed by atoms with E-state index < -0.39 is 0 Å². The van der Waals surface area contributed by atoms with Gasteiger partial charge in [0, 0.05) is 12.7 Å². The maximum atomic E-state index is 5.86. The highest BCUT2D eigenvalue weighted by atomic mass is 15.1. The van der Waals surface area contributed by atoms with Gasteiger partial charge in [-0.25, -0.2) is 4.98 Å². The zero-order valence-electron chi connectivity index (χ0n) is 8.95. The van der Waals surface area contributed by atoms with Crippen LogP contribution in [0.5, 0.6) is 0 Å². The van der Waals surface area contributed by atoms with E-state index in [4.69, 9.17) is 11.5 Å². The number of rotatable bonds is 3. The zero-order valence-corrected chi connectivity index (χ0v) is 8.95. The van der Waals surface area contributed by atoms with E-state index >= 15 is 0 Å². The van der Waals surface area contributed by atoms with E-state index in [0.29, 0.717) is 11.5 Å². The van der Waals surface area contributed by atoms with Gasteiger partial charge in [-0.15, -0.1) is 0 Å². The maximum Gasteiger partial charge on any atom is 0.146 e. The molecule has 0 bridgehead atoms. The maximum absolute atomic E-state index is 5.86. The molecule has 1 aromatic heterocycles. The second-order valence-electron chi connectivity index (χ2n) is 4.07. The van der Waals surface area contributed by atoms with Crippen LogP contribution in [-0.4, -0.2) is 29.5 Å². The number of hydrogen-bond donors (Lipinski definition) is 2. The second kappa shape index (κ2) is 4.49. The van der Waals surface area contributed by atoms with E-state index in [1.165, 1.54) is 25.9 Å². The summed E-state index contributed by atoms with van der Waals surface area (Å²) < 4.78 is 0. The lowest BCUT2D eigenvalue weighted by atomic mass is 10.1. The Bertz CT molecular complexity index is 331. The number of pyridine rings is 1. The Balaban J connectivity index is 1.95. The van der Waals surface area contributed by atoms with Gasteiger partial charge >= 0.3 is 0 Å². The molecule has 0 aromatic carbocycles. The summed E-state index contributed by atoms with van der Waals surface area (Å²) in [5, 5.41) is 0. The van der Waals surface area contributed by atoms with Crippen molar-refractivity contribution in [1.82, 2.24) is 9.88 Å². The van der Waals surface area contributed by atoms with Crippen LogP contribution in [0.4, 0.5) is 11.5 Å². The van der Waals surface area contributed by atoms with Gasteiger partial charge in [-0.2, -0.15) is 0 Å². The molecule has 0 amide bonds. The Labute approximate surface area is 90.3 Å². The first-order chi connectivity index (χ1) is 7.27. The Morgan fingerprint density at radius 3 is 2.73 bits per heavy atom. The standard InChI is InChI=1S/C11H18N4/c12-10-9(3-5-14-11(10)13)4-8-15-6-1-2-7-15/h3,5H,1-2,4,6-8,12H2,(H2,13,14). The monoisotopic (exact) mass is 206 g/mol. The van der Waals surface area contributed by atoms with Crippen molar-refractivity contribution in [2.45, 2.75) is 19.3 Å². The minimum Gasteiger partial charge on any atom is -0.396 e. The Kier molecular flexibility index (Phi) is 3.06. The quantitative estimate of drug-likeness (QED) is 0.770. The molecule has 0 spiro atoms. The van der Waals surface area contributed by atoms with Crippen molar-refractivity contribution < 1.29 is 0 Å². The van der Waals surface area contributed by atoms with E-state index in [1.54, 1.807) is 6.20 Å². The molecular weight excluding hydrogens is 188 g/mol. The van der Waals surface area contributed by atoms with Gasteiger partial charge < -0.3 is 16.4 Å². The topological polar surface area (TPSA) is 68.2 Å². The van der Waals surface area contributed by atoms with Crippen LogP contribution >= 0.6 is 0 Å². The molecule has 1 aliphatic heterocycles. The Morgan fingerprint density at radius 1 is 1.27 bits per heavy atom. The first kappa shape index (κ1) is 10.2. The van der Waals surface area contributed by atoms with Gasteiger partial charge in [-0.3, -0.25) is 0 Å². The molecule has 4 nitrogen and oxygen atoms in total. The van der Waals surface area contributed by atoms with Gasteiger partial charge in [0.25, 0.3) is 0 Å². The Hall–Kier alpha value is -1.29. The van der Waals surface area contributed by atoms with E-state index in [9.17, 15) is 0 Å². The second-order valence-corrected chi connectivity index (χ2v) is 4.07. The molecule has 0 saturated carbocycles. The van der Waals surface area contributed by atoms with Crippen LogP contribution in [0.1, 0.15) is 18.4 Å². The summed E-state index contributed by atoms with van der Waals surface area (Å²) >= 11 is 0. The van der Waals surface area contributed by atoms with Crippen molar-refractivity contribution in [1.29, 1.82) is 0 Å². The van der Waals surface area contributed by atoms with E-state index in [0.717, 1.165) is 18.5 Å². The van der Waals surface area contributed by atoms with Crippen molar-refractivity contribution in [3.05, 3.63) is 17.8 Å². The average molecular weight is 206 g/mol. The van der Waals surface area contributed by atoms with Crippen LogP contribution in [-0.2, 0) is 6.42 Å². The van der Waals surface area contributed by atoms with Crippen molar-refractivity contribution in [3.63, 3.8) is 0 Å². The molecule has 0 unspecified atom stereocenters. The van der Waals surface area contributed by atoms with Crippen LogP contribution in [0.2, 0.25) is 0 Å². The molecule has 0 aliphatic carbocycles. The number of likely N-dealkylation sites (tertiary alicyclic amines) is 1. The lowest BCUT2D eigenvalue weighted by Gasteiger charge is -2.15. The highest BCUT2D eigenvalue weighted by Gasteiger charge is 2.12. The predicted molar refractivity (Wildman–Crippen MR) is 62.4 cm³/mol. The van der Waals surface area contributed by atoms with E-state index in [2.05, 4.69) is 9.88 Å². The highest BCUT2D eigenvalue weighted by molar-refractivity contribution is 5.62. The van der Waals surface area contributed by atoms with Gasteiger partial charge in [-0.05, 0) is 44.0 Å². The predicted octanol–water partition coefficient (Wildman–Crippen LogP) is 0.884. The molecule has 1 fully saturated rings. The number of nitrogen functional groups attached to an aromatic ring is 2. The normalized spacial score (nSPS) is 17.1. The number of anilines is 2. The van der Waals surface area contributed by atoms with Crippen LogP contribution in [0, 0.1) is 0 Å². The van der Waals surface area contributed by atoms with Gasteiger partial charge in [0.1, 0.15) is 5.82 Å². The number of aromatic nitrogens is 1. The molecule has 1 aromatic rings. The van der Waals surface area contributed by atoms with Crippen molar-refractivity contribution in [3.8, 4) is 0 Å². The van der Waals surface area contributed by atoms with Gasteiger partial charge in [0.05, 0.1) is 5.69 Å². The molecule has 15 heavy (non-hydrogen) atoms. The molecule has 0 radical (unpaired) electrons. The van der Waals surface area contributed by atoms with Crippen LogP contribution in [0.15, 0.2) is 12.3 Å².